The second-order valence-corrected chi connectivity index (χ2v) is 4.73. The van der Waals surface area contributed by atoms with Crippen molar-refractivity contribution in [2.45, 2.75) is 0 Å². The van der Waals surface area contributed by atoms with Crippen molar-refractivity contribution in [1.29, 1.82) is 0 Å². The average Bonchev–Trinajstić information content (AvgIpc) is 0.811. The third-order valence-electron chi connectivity index (χ3n) is 0. The van der Waals surface area contributed by atoms with Crippen LogP contribution in [0.2, 0.25) is 0 Å². The Balaban J connectivity index is 2.80. The molecule has 0 unspecified atom stereocenters. The molecule has 0 N–H and O–H groups in total. The Morgan fingerprint density at radius 1 is 2.00 bits per heavy atom. The number of carbonyl (C=O) groups excluding carboxylic acids is 1. The minimum atomic E-state index is 0.316. The predicted molar refractivity (Wildman–Crippen MR) is 15.3 cm³/mol. The van der Waals surface area contributed by atoms with Gasteiger partial charge in [-0.3, -0.25) is 0 Å². The second-order valence-electron chi connectivity index (χ2n) is 0.492. The molecular formula is CH3MoOSi. The standard InChI is InChI=1S/CH3OSi.Mo/c2-1-3;/h3H3;. The molecule has 0 aliphatic carbocycles. The van der Waals surface area contributed by atoms with Gasteiger partial charge in [-0.15, -0.1) is 0 Å². The number of rotatable bonds is 0. The molecule has 0 bridgehead atoms. The molecule has 0 aromatic heterocycles. The number of hydrogen-bond acceptors (Lipinski definition) is 1. The number of carbonyl (C=O) groups is 1. The maximum atomic E-state index is 9.51. The zero-order valence-corrected chi connectivity index (χ0v) is 6.32. The molecule has 0 aliphatic rings. The average molecular weight is 155 g/mol. The molecule has 0 radical (unpaired) electrons. The summed E-state index contributed by atoms with van der Waals surface area (Å²) < 4.78 is 0.316. The fourth-order valence-corrected chi connectivity index (χ4v) is 0. The van der Waals surface area contributed by atoms with E-state index in [-0.39, 0.29) is 0 Å². The molecule has 23 valence electrons. The van der Waals surface area contributed by atoms with E-state index < -0.39 is 0 Å². The minimum absolute atomic E-state index is 0.316. The van der Waals surface area contributed by atoms with Crippen LogP contribution in [-0.4, -0.2) is 14.0 Å². The Bertz CT molecular complexity index is 31.0. The van der Waals surface area contributed by atoms with Gasteiger partial charge in [-0.25, -0.2) is 0 Å². The van der Waals surface area contributed by atoms with Gasteiger partial charge in [-0.2, -0.15) is 0 Å². The first kappa shape index (κ1) is 4.58. The maximum absolute atomic E-state index is 9.51. The molecule has 0 atom stereocenters. The summed E-state index contributed by atoms with van der Waals surface area (Å²) in [6.45, 7) is 0. The van der Waals surface area contributed by atoms with Gasteiger partial charge >= 0.3 is 38.6 Å². The van der Waals surface area contributed by atoms with E-state index in [1.807, 2.05) is 0 Å². The molecule has 1 nitrogen and oxygen atoms in total. The van der Waals surface area contributed by atoms with Crippen molar-refractivity contribution >= 4 is 14.0 Å². The van der Waals surface area contributed by atoms with Gasteiger partial charge in [0.1, 0.15) is 0 Å². The van der Waals surface area contributed by atoms with Crippen LogP contribution in [0.15, 0.2) is 0 Å². The normalized spacial score (nSPS) is 7.00. The van der Waals surface area contributed by atoms with Crippen LogP contribution < -0.4 is 0 Å². The topological polar surface area (TPSA) is 17.1 Å². The molecule has 4 heavy (non-hydrogen) atoms. The molecule has 0 aromatic rings. The first-order valence-electron chi connectivity index (χ1n) is 0.908. The fraction of sp³-hybridized carbons (Fsp3) is 0. The van der Waals surface area contributed by atoms with Crippen LogP contribution in [0.25, 0.3) is 0 Å². The Morgan fingerprint density at radius 2 is 2.00 bits per heavy atom. The molecule has 0 aromatic carbocycles. The third-order valence-corrected chi connectivity index (χ3v) is 0. The summed E-state index contributed by atoms with van der Waals surface area (Å²) >= 11 is 1.53. The van der Waals surface area contributed by atoms with Gasteiger partial charge in [-0.1, -0.05) is 0 Å². The molecule has 0 fully saturated rings. The Hall–Kier alpha value is 0.575. The van der Waals surface area contributed by atoms with Crippen molar-refractivity contribution in [3.8, 4) is 0 Å². The molecule has 0 heterocycles. The number of hydrogen-bond donors (Lipinski definition) is 0. The molecule has 3 heteroatoms. The van der Waals surface area contributed by atoms with E-state index >= 15 is 0 Å². The van der Waals surface area contributed by atoms with Crippen LogP contribution in [0, 0.1) is 0 Å². The van der Waals surface area contributed by atoms with Crippen LogP contribution in [0.1, 0.15) is 0 Å². The molecular weight excluding hydrogens is 152 g/mol. The van der Waals surface area contributed by atoms with Gasteiger partial charge in [0.15, 0.2) is 0 Å². The SMILES string of the molecule is O=[C]([SiH3])[Mo]. The van der Waals surface area contributed by atoms with Crippen LogP contribution in [0.5, 0.6) is 0 Å². The van der Waals surface area contributed by atoms with Crippen molar-refractivity contribution in [2.24, 2.45) is 0 Å². The molecule has 0 saturated carbocycles. The van der Waals surface area contributed by atoms with E-state index in [9.17, 15) is 4.79 Å². The summed E-state index contributed by atoms with van der Waals surface area (Å²) in [5.74, 6) is 0. The van der Waals surface area contributed by atoms with E-state index in [0.717, 1.165) is 0 Å². The van der Waals surface area contributed by atoms with Crippen molar-refractivity contribution in [2.75, 3.05) is 0 Å². The quantitative estimate of drug-likeness (QED) is 0.411. The van der Waals surface area contributed by atoms with E-state index in [4.69, 9.17) is 0 Å². The summed E-state index contributed by atoms with van der Waals surface area (Å²) in [6.07, 6.45) is 0. The van der Waals surface area contributed by atoms with E-state index in [2.05, 4.69) is 0 Å². The van der Waals surface area contributed by atoms with Gasteiger partial charge in [-0.05, 0) is 0 Å². The van der Waals surface area contributed by atoms with Crippen LogP contribution in [0.4, 0.5) is 4.79 Å². The summed E-state index contributed by atoms with van der Waals surface area (Å²) in [5, 5.41) is 0. The Labute approximate surface area is 39.1 Å². The van der Waals surface area contributed by atoms with Gasteiger partial charge in [0.2, 0.25) is 0 Å². The molecule has 0 rings (SSSR count). The van der Waals surface area contributed by atoms with E-state index in [0.29, 0.717) is 14.0 Å². The molecule has 0 spiro atoms. The summed E-state index contributed by atoms with van der Waals surface area (Å²) in [4.78, 5) is 9.51. The third kappa shape index (κ3) is 19.3. The summed E-state index contributed by atoms with van der Waals surface area (Å²) in [7, 11) is 0.714. The first-order valence-corrected chi connectivity index (χ1v) is 2.91. The van der Waals surface area contributed by atoms with E-state index in [1.165, 1.54) is 19.8 Å². The first-order chi connectivity index (χ1) is 1.73. The zero-order valence-electron chi connectivity index (χ0n) is 2.32. The fourth-order valence-electron chi connectivity index (χ4n) is 0. The second kappa shape index (κ2) is 1.85. The molecule has 0 saturated heterocycles. The monoisotopic (exact) mass is 157 g/mol. The summed E-state index contributed by atoms with van der Waals surface area (Å²) in [5.41, 5.74) is 0. The van der Waals surface area contributed by atoms with E-state index in [1.54, 1.807) is 0 Å². The van der Waals surface area contributed by atoms with Gasteiger partial charge < -0.3 is 0 Å². The van der Waals surface area contributed by atoms with Gasteiger partial charge in [0.05, 0.1) is 0 Å². The van der Waals surface area contributed by atoms with Gasteiger partial charge in [0, 0.05) is 0 Å². The van der Waals surface area contributed by atoms with Gasteiger partial charge in [0.25, 0.3) is 0 Å². The van der Waals surface area contributed by atoms with Crippen molar-refractivity contribution in [3.63, 3.8) is 0 Å². The molecule has 0 aliphatic heterocycles. The van der Waals surface area contributed by atoms with Crippen molar-refractivity contribution in [1.82, 2.24) is 0 Å². The van der Waals surface area contributed by atoms with Crippen LogP contribution >= 0.6 is 0 Å². The summed E-state index contributed by atoms with van der Waals surface area (Å²) in [6, 6.07) is 0. The van der Waals surface area contributed by atoms with Crippen molar-refractivity contribution in [3.05, 3.63) is 0 Å². The Morgan fingerprint density at radius 3 is 2.00 bits per heavy atom. The van der Waals surface area contributed by atoms with Crippen LogP contribution in [-0.2, 0) is 19.8 Å². The zero-order chi connectivity index (χ0) is 3.58. The Kier molecular flexibility index (Phi) is 2.12. The van der Waals surface area contributed by atoms with Crippen LogP contribution in [0.3, 0.4) is 0 Å². The van der Waals surface area contributed by atoms with Crippen molar-refractivity contribution < 1.29 is 24.6 Å². The molecule has 0 amide bonds. The predicted octanol–water partition coefficient (Wildman–Crippen LogP) is -0.981.